The number of nitrogens with zero attached hydrogens (tertiary/aromatic N) is 4. The first kappa shape index (κ1) is 14.6. The predicted molar refractivity (Wildman–Crippen MR) is 72.3 cm³/mol. The average molecular weight is 309 g/mol. The van der Waals surface area contributed by atoms with E-state index in [-0.39, 0.29) is 5.82 Å². The number of esters is 1. The van der Waals surface area contributed by atoms with E-state index in [1.807, 2.05) is 0 Å². The van der Waals surface area contributed by atoms with E-state index < -0.39 is 37.1 Å². The number of ether oxygens (including phenoxy) is 2. The van der Waals surface area contributed by atoms with Gasteiger partial charge in [0.25, 0.3) is 0 Å². The molecule has 0 saturated carbocycles. The summed E-state index contributed by atoms with van der Waals surface area (Å²) in [5.41, 5.74) is 6.47. The van der Waals surface area contributed by atoms with E-state index in [1.54, 1.807) is 0 Å². The van der Waals surface area contributed by atoms with Gasteiger partial charge in [0.15, 0.2) is 23.8 Å². The first-order chi connectivity index (χ1) is 10.5. The minimum Gasteiger partial charge on any atom is -0.455 e. The van der Waals surface area contributed by atoms with Crippen molar-refractivity contribution in [2.24, 2.45) is 0 Å². The van der Waals surface area contributed by atoms with Crippen LogP contribution in [0.25, 0.3) is 11.2 Å². The van der Waals surface area contributed by atoms with Crippen LogP contribution in [0.4, 0.5) is 5.82 Å². The number of hydrogen-bond acceptors (Lipinski definition) is 9. The van der Waals surface area contributed by atoms with Crippen LogP contribution in [-0.2, 0) is 14.3 Å². The molecule has 1 saturated heterocycles. The van der Waals surface area contributed by atoms with E-state index in [0.29, 0.717) is 11.2 Å². The molecule has 0 spiro atoms. The van der Waals surface area contributed by atoms with Gasteiger partial charge >= 0.3 is 5.97 Å². The molecule has 22 heavy (non-hydrogen) atoms. The number of aliphatic hydroxyl groups is 2. The number of fused-ring (bicyclic) bond motifs is 1. The Morgan fingerprint density at radius 3 is 2.95 bits per heavy atom. The van der Waals surface area contributed by atoms with Crippen molar-refractivity contribution in [2.45, 2.75) is 31.5 Å². The van der Waals surface area contributed by atoms with Gasteiger partial charge in [0.2, 0.25) is 0 Å². The third kappa shape index (κ3) is 2.26. The summed E-state index contributed by atoms with van der Waals surface area (Å²) in [7, 11) is 0. The van der Waals surface area contributed by atoms with Crippen LogP contribution >= 0.6 is 0 Å². The average Bonchev–Trinajstić information content (AvgIpc) is 3.02. The molecular formula is C12H15N5O5. The number of nitrogens with two attached hydrogens (primary N) is 1. The Kier molecular flexibility index (Phi) is 3.64. The Hall–Kier alpha value is -2.30. The zero-order valence-corrected chi connectivity index (χ0v) is 11.7. The molecule has 118 valence electrons. The fourth-order valence-corrected chi connectivity index (χ4v) is 2.47. The Morgan fingerprint density at radius 1 is 1.50 bits per heavy atom. The smallest absolute Gasteiger partial charge is 0.303 e. The Bertz CT molecular complexity index is 704. The lowest BCUT2D eigenvalue weighted by molar-refractivity contribution is -0.155. The van der Waals surface area contributed by atoms with Crippen molar-refractivity contribution in [3.8, 4) is 0 Å². The zero-order valence-electron chi connectivity index (χ0n) is 11.7. The maximum atomic E-state index is 11.3. The second kappa shape index (κ2) is 5.48. The van der Waals surface area contributed by atoms with Crippen molar-refractivity contribution in [2.75, 3.05) is 12.3 Å². The maximum absolute atomic E-state index is 11.3. The number of imidazole rings is 1. The molecule has 0 aliphatic carbocycles. The molecule has 0 amide bonds. The molecule has 2 aromatic rings. The lowest BCUT2D eigenvalue weighted by atomic mass is 10.1. The van der Waals surface area contributed by atoms with Crippen molar-refractivity contribution in [1.29, 1.82) is 0 Å². The monoisotopic (exact) mass is 309 g/mol. The molecule has 0 radical (unpaired) electrons. The number of nitrogen functional groups attached to an aromatic ring is 1. The second-order valence-corrected chi connectivity index (χ2v) is 4.90. The summed E-state index contributed by atoms with van der Waals surface area (Å²) in [5, 5.41) is 19.4. The second-order valence-electron chi connectivity index (χ2n) is 4.90. The van der Waals surface area contributed by atoms with Gasteiger partial charge in [-0.15, -0.1) is 0 Å². The number of carbonyl (C=O) groups is 1. The highest BCUT2D eigenvalue weighted by atomic mass is 16.6. The summed E-state index contributed by atoms with van der Waals surface area (Å²) >= 11 is 0. The van der Waals surface area contributed by atoms with Crippen LogP contribution in [0, 0.1) is 0 Å². The molecule has 10 heteroatoms. The number of rotatable bonds is 3. The molecule has 1 unspecified atom stereocenters. The highest BCUT2D eigenvalue weighted by Crippen LogP contribution is 2.33. The minimum absolute atomic E-state index is 0.199. The number of hydrogen-bond donors (Lipinski definition) is 3. The topological polar surface area (TPSA) is 146 Å². The molecular weight excluding hydrogens is 294 g/mol. The van der Waals surface area contributed by atoms with Gasteiger partial charge in [0.1, 0.15) is 24.1 Å². The fraction of sp³-hybridized carbons (Fsp3) is 0.500. The molecule has 4 atom stereocenters. The van der Waals surface area contributed by atoms with Gasteiger partial charge in [-0.3, -0.25) is 9.36 Å². The Labute approximate surface area is 124 Å². The number of anilines is 1. The Morgan fingerprint density at radius 2 is 2.27 bits per heavy atom. The maximum Gasteiger partial charge on any atom is 0.303 e. The standard InChI is InChI=1S/C12H15N5O5/c1-5(19)21-9-8(20)6(2-18)22-12(9)17-4-16-7-10(13)14-3-15-11(7)17/h3-4,6,8-9,12,18,20H,2H2,1H3,(H2,13,14,15)/t6-,8+,9-,12?/m1/s1. The van der Waals surface area contributed by atoms with Gasteiger partial charge in [-0.05, 0) is 0 Å². The summed E-state index contributed by atoms with van der Waals surface area (Å²) in [6.07, 6.45) is -1.25. The molecule has 1 aliphatic rings. The molecule has 0 aromatic carbocycles. The lowest BCUT2D eigenvalue weighted by Crippen LogP contribution is -2.36. The van der Waals surface area contributed by atoms with Crippen LogP contribution in [0.2, 0.25) is 0 Å². The van der Waals surface area contributed by atoms with Crippen molar-refractivity contribution in [3.63, 3.8) is 0 Å². The quantitative estimate of drug-likeness (QED) is 0.582. The van der Waals surface area contributed by atoms with Crippen LogP contribution < -0.4 is 5.73 Å². The van der Waals surface area contributed by atoms with Gasteiger partial charge in [0.05, 0.1) is 12.9 Å². The molecule has 4 N–H and O–H groups in total. The summed E-state index contributed by atoms with van der Waals surface area (Å²) in [6.45, 7) is 0.807. The molecule has 3 rings (SSSR count). The predicted octanol–water partition coefficient (Wildman–Crippen LogP) is -1.41. The van der Waals surface area contributed by atoms with E-state index >= 15 is 0 Å². The van der Waals surface area contributed by atoms with Crippen molar-refractivity contribution >= 4 is 23.0 Å². The van der Waals surface area contributed by atoms with Crippen molar-refractivity contribution < 1.29 is 24.5 Å². The van der Waals surface area contributed by atoms with E-state index in [0.717, 1.165) is 0 Å². The minimum atomic E-state index is -1.17. The molecule has 0 bridgehead atoms. The molecule has 1 aliphatic heterocycles. The first-order valence-corrected chi connectivity index (χ1v) is 6.57. The molecule has 3 heterocycles. The van der Waals surface area contributed by atoms with Gasteiger partial charge in [-0.25, -0.2) is 15.0 Å². The largest absolute Gasteiger partial charge is 0.455 e. The summed E-state index contributed by atoms with van der Waals surface area (Å²) < 4.78 is 12.2. The van der Waals surface area contributed by atoms with Gasteiger partial charge < -0.3 is 25.4 Å². The third-order valence-corrected chi connectivity index (χ3v) is 3.46. The highest BCUT2D eigenvalue weighted by molar-refractivity contribution is 5.81. The van der Waals surface area contributed by atoms with Crippen molar-refractivity contribution in [3.05, 3.63) is 12.7 Å². The SMILES string of the molecule is CC(=O)O[C@H]1C(n2cnc3c(N)ncnc32)O[C@H](CO)[C@@H]1O. The molecule has 2 aromatic heterocycles. The summed E-state index contributed by atoms with van der Waals surface area (Å²) in [4.78, 5) is 23.3. The number of aliphatic hydroxyl groups excluding tert-OH is 2. The van der Waals surface area contributed by atoms with Crippen molar-refractivity contribution in [1.82, 2.24) is 19.5 Å². The fourth-order valence-electron chi connectivity index (χ4n) is 2.47. The van der Waals surface area contributed by atoms with E-state index in [4.69, 9.17) is 15.2 Å². The highest BCUT2D eigenvalue weighted by Gasteiger charge is 2.47. The zero-order chi connectivity index (χ0) is 15.9. The van der Waals surface area contributed by atoms with Crippen LogP contribution in [0.15, 0.2) is 12.7 Å². The van der Waals surface area contributed by atoms with Crippen LogP contribution in [-0.4, -0.2) is 60.6 Å². The molecule has 1 fully saturated rings. The van der Waals surface area contributed by atoms with E-state index in [9.17, 15) is 15.0 Å². The first-order valence-electron chi connectivity index (χ1n) is 6.57. The lowest BCUT2D eigenvalue weighted by Gasteiger charge is -2.21. The van der Waals surface area contributed by atoms with Crippen LogP contribution in [0.5, 0.6) is 0 Å². The van der Waals surface area contributed by atoms with Crippen LogP contribution in [0.1, 0.15) is 13.2 Å². The van der Waals surface area contributed by atoms with E-state index in [2.05, 4.69) is 15.0 Å². The third-order valence-electron chi connectivity index (χ3n) is 3.46. The Balaban J connectivity index is 2.03. The summed E-state index contributed by atoms with van der Waals surface area (Å²) in [5.74, 6) is -0.375. The van der Waals surface area contributed by atoms with Crippen LogP contribution in [0.3, 0.4) is 0 Å². The molecule has 10 nitrogen and oxygen atoms in total. The normalized spacial score (nSPS) is 28.1. The van der Waals surface area contributed by atoms with E-state index in [1.165, 1.54) is 24.1 Å². The number of aromatic nitrogens is 4. The van der Waals surface area contributed by atoms with Gasteiger partial charge in [0, 0.05) is 6.92 Å². The van der Waals surface area contributed by atoms with Gasteiger partial charge in [-0.2, -0.15) is 0 Å². The van der Waals surface area contributed by atoms with Gasteiger partial charge in [-0.1, -0.05) is 0 Å². The summed E-state index contributed by atoms with van der Waals surface area (Å²) in [6, 6.07) is 0. The number of carbonyl (C=O) groups excluding carboxylic acids is 1.